The first-order chi connectivity index (χ1) is 8.22. The molecule has 0 saturated heterocycles. The third-order valence-electron chi connectivity index (χ3n) is 4.53. The van der Waals surface area contributed by atoms with Gasteiger partial charge in [0.25, 0.3) is 0 Å². The number of nitrogens with one attached hydrogen (secondary N) is 1. The smallest absolute Gasteiger partial charge is 0.0628 e. The molecule has 3 heteroatoms. The second kappa shape index (κ2) is 4.52. The lowest BCUT2D eigenvalue weighted by molar-refractivity contribution is 0.0972. The summed E-state index contributed by atoms with van der Waals surface area (Å²) in [5, 5.41) is 13.6. The van der Waals surface area contributed by atoms with E-state index in [1.165, 1.54) is 45.1 Å². The monoisotopic (exact) mass is 238 g/mol. The number of hydrogen-bond donors (Lipinski definition) is 2. The Balaban J connectivity index is 1.58. The van der Waals surface area contributed by atoms with Gasteiger partial charge in [0.2, 0.25) is 0 Å². The van der Waals surface area contributed by atoms with Crippen LogP contribution in [0.1, 0.15) is 38.5 Å². The Labute approximate surface area is 105 Å². The Hall–Kier alpha value is -0.120. The quantitative estimate of drug-likeness (QED) is 0.667. The minimum atomic E-state index is 0.00477. The first kappa shape index (κ1) is 11.9. The van der Waals surface area contributed by atoms with Crippen molar-refractivity contribution >= 4 is 0 Å². The van der Waals surface area contributed by atoms with Gasteiger partial charge in [-0.15, -0.1) is 0 Å². The molecule has 2 N–H and O–H groups in total. The van der Waals surface area contributed by atoms with E-state index < -0.39 is 0 Å². The number of rotatable bonds is 8. The molecule has 0 aromatic heterocycles. The molecule has 0 aromatic rings. The molecule has 3 rings (SSSR count). The van der Waals surface area contributed by atoms with Crippen molar-refractivity contribution in [2.45, 2.75) is 50.1 Å². The molecule has 0 aliphatic heterocycles. The lowest BCUT2D eigenvalue weighted by atomic mass is 9.93. The standard InChI is InChI=1S/C14H26N2O/c1-16(8-11-2-3-11)9-14(10-17,12-4-5-12)15-13-6-7-13/h11-13,15,17H,2-10H2,1H3. The van der Waals surface area contributed by atoms with Gasteiger partial charge in [-0.25, -0.2) is 0 Å². The number of likely N-dealkylation sites (N-methyl/N-ethyl adjacent to an activating group) is 1. The van der Waals surface area contributed by atoms with E-state index in [1.54, 1.807) is 0 Å². The average Bonchev–Trinajstić information content (AvgIpc) is 3.13. The Morgan fingerprint density at radius 1 is 1.18 bits per heavy atom. The van der Waals surface area contributed by atoms with Gasteiger partial charge in [-0.3, -0.25) is 0 Å². The van der Waals surface area contributed by atoms with Gasteiger partial charge in [-0.2, -0.15) is 0 Å². The molecule has 98 valence electrons. The molecule has 3 aliphatic rings. The van der Waals surface area contributed by atoms with Gasteiger partial charge in [0.1, 0.15) is 0 Å². The van der Waals surface area contributed by atoms with Crippen LogP contribution in [0.5, 0.6) is 0 Å². The highest BCUT2D eigenvalue weighted by Gasteiger charge is 2.48. The van der Waals surface area contributed by atoms with Crippen LogP contribution >= 0.6 is 0 Å². The predicted molar refractivity (Wildman–Crippen MR) is 68.9 cm³/mol. The van der Waals surface area contributed by atoms with Crippen LogP contribution in [0.3, 0.4) is 0 Å². The molecular formula is C14H26N2O. The molecule has 17 heavy (non-hydrogen) atoms. The van der Waals surface area contributed by atoms with Crippen molar-refractivity contribution in [2.24, 2.45) is 11.8 Å². The summed E-state index contributed by atoms with van der Waals surface area (Å²) in [6, 6.07) is 0.692. The van der Waals surface area contributed by atoms with Gasteiger partial charge in [-0.1, -0.05) is 0 Å². The number of nitrogens with zero attached hydrogens (tertiary/aromatic N) is 1. The molecule has 0 spiro atoms. The highest BCUT2D eigenvalue weighted by molar-refractivity contribution is 5.06. The minimum Gasteiger partial charge on any atom is -0.394 e. The van der Waals surface area contributed by atoms with E-state index >= 15 is 0 Å². The first-order valence-corrected chi connectivity index (χ1v) is 7.29. The largest absolute Gasteiger partial charge is 0.394 e. The van der Waals surface area contributed by atoms with Crippen molar-refractivity contribution in [3.05, 3.63) is 0 Å². The van der Waals surface area contributed by atoms with Crippen molar-refractivity contribution in [3.63, 3.8) is 0 Å². The Morgan fingerprint density at radius 3 is 2.35 bits per heavy atom. The van der Waals surface area contributed by atoms with Crippen LogP contribution < -0.4 is 5.32 Å². The molecule has 3 aliphatic carbocycles. The van der Waals surface area contributed by atoms with E-state index in [9.17, 15) is 5.11 Å². The highest BCUT2D eigenvalue weighted by atomic mass is 16.3. The molecule has 1 unspecified atom stereocenters. The van der Waals surface area contributed by atoms with E-state index in [0.717, 1.165) is 18.4 Å². The zero-order valence-electron chi connectivity index (χ0n) is 11.0. The van der Waals surface area contributed by atoms with E-state index in [1.807, 2.05) is 0 Å². The minimum absolute atomic E-state index is 0.00477. The maximum atomic E-state index is 9.87. The molecule has 1 atom stereocenters. The molecule has 0 heterocycles. The molecular weight excluding hydrogens is 212 g/mol. The summed E-state index contributed by atoms with van der Waals surface area (Å²) in [5.41, 5.74) is 0.00477. The van der Waals surface area contributed by atoms with Gasteiger partial charge >= 0.3 is 0 Å². The zero-order valence-corrected chi connectivity index (χ0v) is 11.0. The Bertz CT molecular complexity index is 271. The number of hydrogen-bond acceptors (Lipinski definition) is 3. The fourth-order valence-electron chi connectivity index (χ4n) is 3.07. The van der Waals surface area contributed by atoms with Crippen LogP contribution in [0.25, 0.3) is 0 Å². The van der Waals surface area contributed by atoms with E-state index in [2.05, 4.69) is 17.3 Å². The predicted octanol–water partition coefficient (Wildman–Crippen LogP) is 1.22. The van der Waals surface area contributed by atoms with Crippen LogP contribution in [0.15, 0.2) is 0 Å². The van der Waals surface area contributed by atoms with Crippen LogP contribution in [0.4, 0.5) is 0 Å². The molecule has 0 radical (unpaired) electrons. The van der Waals surface area contributed by atoms with Crippen LogP contribution in [0.2, 0.25) is 0 Å². The highest BCUT2D eigenvalue weighted by Crippen LogP contribution is 2.42. The molecule has 3 saturated carbocycles. The maximum absolute atomic E-state index is 9.87. The average molecular weight is 238 g/mol. The summed E-state index contributed by atoms with van der Waals surface area (Å²) in [5.74, 6) is 1.66. The van der Waals surface area contributed by atoms with Crippen molar-refractivity contribution in [1.82, 2.24) is 10.2 Å². The number of aliphatic hydroxyl groups is 1. The summed E-state index contributed by atoms with van der Waals surface area (Å²) in [7, 11) is 2.22. The summed E-state index contributed by atoms with van der Waals surface area (Å²) in [6.07, 6.45) is 8.04. The molecule has 0 amide bonds. The van der Waals surface area contributed by atoms with Crippen LogP contribution in [-0.4, -0.2) is 48.3 Å². The van der Waals surface area contributed by atoms with Gasteiger partial charge in [0.15, 0.2) is 0 Å². The van der Waals surface area contributed by atoms with Crippen molar-refractivity contribution in [2.75, 3.05) is 26.7 Å². The lowest BCUT2D eigenvalue weighted by Crippen LogP contribution is -2.58. The topological polar surface area (TPSA) is 35.5 Å². The molecule has 3 nitrogen and oxygen atoms in total. The van der Waals surface area contributed by atoms with Crippen molar-refractivity contribution in [3.8, 4) is 0 Å². The van der Waals surface area contributed by atoms with Crippen molar-refractivity contribution < 1.29 is 5.11 Å². The Kier molecular flexibility index (Phi) is 3.18. The third kappa shape index (κ3) is 3.01. The summed E-state index contributed by atoms with van der Waals surface area (Å²) >= 11 is 0. The number of aliphatic hydroxyl groups excluding tert-OH is 1. The maximum Gasteiger partial charge on any atom is 0.0628 e. The van der Waals surface area contributed by atoms with Gasteiger partial charge in [0.05, 0.1) is 12.1 Å². The third-order valence-corrected chi connectivity index (χ3v) is 4.53. The van der Waals surface area contributed by atoms with E-state index in [4.69, 9.17) is 0 Å². The van der Waals surface area contributed by atoms with Crippen LogP contribution in [-0.2, 0) is 0 Å². The normalized spacial score (nSPS) is 28.4. The first-order valence-electron chi connectivity index (χ1n) is 7.29. The fraction of sp³-hybridized carbons (Fsp3) is 1.00. The van der Waals surface area contributed by atoms with E-state index in [0.29, 0.717) is 12.6 Å². The fourth-order valence-corrected chi connectivity index (χ4v) is 3.07. The zero-order chi connectivity index (χ0) is 11.9. The summed E-state index contributed by atoms with van der Waals surface area (Å²) < 4.78 is 0. The summed E-state index contributed by atoms with van der Waals surface area (Å²) in [4.78, 5) is 2.45. The van der Waals surface area contributed by atoms with E-state index in [-0.39, 0.29) is 5.54 Å². The molecule has 3 fully saturated rings. The van der Waals surface area contributed by atoms with Gasteiger partial charge in [-0.05, 0) is 57.4 Å². The van der Waals surface area contributed by atoms with Gasteiger partial charge in [0, 0.05) is 19.1 Å². The van der Waals surface area contributed by atoms with Crippen molar-refractivity contribution in [1.29, 1.82) is 0 Å². The SMILES string of the molecule is CN(CC1CC1)CC(CO)(NC1CC1)C1CC1. The molecule has 0 aromatic carbocycles. The Morgan fingerprint density at radius 2 is 1.88 bits per heavy atom. The van der Waals surface area contributed by atoms with Gasteiger partial charge < -0.3 is 15.3 Å². The van der Waals surface area contributed by atoms with Crippen LogP contribution in [0, 0.1) is 11.8 Å². The summed E-state index contributed by atoms with van der Waals surface area (Å²) in [6.45, 7) is 2.56. The second-order valence-corrected chi connectivity index (χ2v) is 6.65. The molecule has 0 bridgehead atoms. The lowest BCUT2D eigenvalue weighted by Gasteiger charge is -2.37. The second-order valence-electron chi connectivity index (χ2n) is 6.65.